The van der Waals surface area contributed by atoms with E-state index in [1.54, 1.807) is 0 Å². The monoisotopic (exact) mass is 755 g/mol. The number of para-hydroxylation sites is 3. The Bertz CT molecular complexity index is 3380. The maximum atomic E-state index is 6.74. The van der Waals surface area contributed by atoms with Gasteiger partial charge in [0.1, 0.15) is 22.7 Å². The number of hydrogen-bond acceptors (Lipinski definition) is 3. The summed E-state index contributed by atoms with van der Waals surface area (Å²) in [5.74, 6) is 1.77. The van der Waals surface area contributed by atoms with E-state index in [0.29, 0.717) is 0 Å². The second-order valence-corrected chi connectivity index (χ2v) is 16.8. The number of anilines is 3. The van der Waals surface area contributed by atoms with Crippen LogP contribution >= 0.6 is 0 Å². The van der Waals surface area contributed by atoms with Crippen molar-refractivity contribution in [2.45, 2.75) is 24.7 Å². The highest BCUT2D eigenvalue weighted by molar-refractivity contribution is 6.08. The number of furan rings is 1. The largest absolute Gasteiger partial charge is 0.457 e. The first-order valence-electron chi connectivity index (χ1n) is 20.5. The molecule has 3 aliphatic rings. The lowest BCUT2D eigenvalue weighted by molar-refractivity contribution is 0.436. The molecule has 2 heterocycles. The SMILES string of the molecule is CC1(C)c2ccccc2-c2ccc(N(c3ccc4c(c3)C3(c5ccccc5Oc5ccccc53)c3ccc5ccccc5c3-4)c3ccc4oc5ccccc5c4c3)cc21. The van der Waals surface area contributed by atoms with Crippen molar-refractivity contribution in [1.82, 2.24) is 0 Å². The lowest BCUT2D eigenvalue weighted by Gasteiger charge is -2.39. The fourth-order valence-corrected chi connectivity index (χ4v) is 10.9. The average Bonchev–Trinajstić information content (AvgIpc) is 3.87. The van der Waals surface area contributed by atoms with Gasteiger partial charge in [0.2, 0.25) is 0 Å². The van der Waals surface area contributed by atoms with E-state index in [-0.39, 0.29) is 5.41 Å². The molecule has 3 heteroatoms. The van der Waals surface area contributed by atoms with E-state index in [2.05, 4.69) is 201 Å². The van der Waals surface area contributed by atoms with Crippen LogP contribution in [-0.4, -0.2) is 0 Å². The van der Waals surface area contributed by atoms with Gasteiger partial charge in [0.25, 0.3) is 0 Å². The lowest BCUT2D eigenvalue weighted by Crippen LogP contribution is -2.32. The molecule has 13 rings (SSSR count). The Hall–Kier alpha value is -7.36. The average molecular weight is 756 g/mol. The number of benzene rings is 9. The van der Waals surface area contributed by atoms with Crippen LogP contribution in [0.3, 0.4) is 0 Å². The summed E-state index contributed by atoms with van der Waals surface area (Å²) in [6.45, 7) is 4.71. The summed E-state index contributed by atoms with van der Waals surface area (Å²) in [7, 11) is 0. The fourth-order valence-electron chi connectivity index (χ4n) is 10.9. The van der Waals surface area contributed by atoms with E-state index in [1.165, 1.54) is 55.3 Å². The van der Waals surface area contributed by atoms with Crippen molar-refractivity contribution in [2.24, 2.45) is 0 Å². The molecule has 0 N–H and O–H groups in total. The van der Waals surface area contributed by atoms with Gasteiger partial charge in [0.15, 0.2) is 0 Å². The van der Waals surface area contributed by atoms with Gasteiger partial charge in [-0.3, -0.25) is 0 Å². The minimum atomic E-state index is -0.617. The van der Waals surface area contributed by atoms with Crippen molar-refractivity contribution in [2.75, 3.05) is 4.90 Å². The van der Waals surface area contributed by atoms with Gasteiger partial charge < -0.3 is 14.1 Å². The topological polar surface area (TPSA) is 25.6 Å². The molecular formula is C56H37NO2. The smallest absolute Gasteiger partial charge is 0.135 e. The van der Waals surface area contributed by atoms with Crippen LogP contribution in [0, 0.1) is 0 Å². The quantitative estimate of drug-likeness (QED) is 0.180. The van der Waals surface area contributed by atoms with Crippen LogP contribution in [0.5, 0.6) is 11.5 Å². The molecule has 59 heavy (non-hydrogen) atoms. The van der Waals surface area contributed by atoms with Crippen LogP contribution in [0.1, 0.15) is 47.2 Å². The first-order chi connectivity index (χ1) is 29.0. The van der Waals surface area contributed by atoms with Crippen molar-refractivity contribution >= 4 is 49.8 Å². The van der Waals surface area contributed by atoms with E-state index in [9.17, 15) is 0 Å². The molecule has 0 amide bonds. The highest BCUT2D eigenvalue weighted by atomic mass is 16.5. The van der Waals surface area contributed by atoms with Crippen LogP contribution in [0.15, 0.2) is 192 Å². The number of hydrogen-bond donors (Lipinski definition) is 0. The van der Waals surface area contributed by atoms with Gasteiger partial charge in [-0.2, -0.15) is 0 Å². The van der Waals surface area contributed by atoms with E-state index >= 15 is 0 Å². The summed E-state index contributed by atoms with van der Waals surface area (Å²) in [6, 6.07) is 68.8. The molecule has 0 bridgehead atoms. The molecule has 1 spiro atoms. The minimum absolute atomic E-state index is 0.154. The maximum Gasteiger partial charge on any atom is 0.135 e. The molecule has 0 saturated carbocycles. The van der Waals surface area contributed by atoms with E-state index in [1.807, 2.05) is 6.07 Å². The van der Waals surface area contributed by atoms with E-state index in [4.69, 9.17) is 9.15 Å². The van der Waals surface area contributed by atoms with Crippen LogP contribution in [-0.2, 0) is 10.8 Å². The van der Waals surface area contributed by atoms with Gasteiger partial charge in [0, 0.05) is 44.4 Å². The summed E-state index contributed by atoms with van der Waals surface area (Å²) >= 11 is 0. The van der Waals surface area contributed by atoms with Gasteiger partial charge in [-0.1, -0.05) is 141 Å². The summed E-state index contributed by atoms with van der Waals surface area (Å²) in [5.41, 5.74) is 17.0. The highest BCUT2D eigenvalue weighted by Gasteiger charge is 2.51. The fraction of sp³-hybridized carbons (Fsp3) is 0.0714. The van der Waals surface area contributed by atoms with Gasteiger partial charge in [0.05, 0.1) is 5.41 Å². The lowest BCUT2D eigenvalue weighted by atomic mass is 9.66. The normalized spacial score (nSPS) is 14.7. The Kier molecular flexibility index (Phi) is 6.44. The molecule has 278 valence electrons. The van der Waals surface area contributed by atoms with Crippen LogP contribution in [0.25, 0.3) is 55.0 Å². The molecule has 3 nitrogen and oxygen atoms in total. The summed E-state index contributed by atoms with van der Waals surface area (Å²) < 4.78 is 13.1. The van der Waals surface area contributed by atoms with Gasteiger partial charge in [-0.15, -0.1) is 0 Å². The molecule has 9 aromatic carbocycles. The Morgan fingerprint density at radius 3 is 1.76 bits per heavy atom. The molecule has 1 aromatic heterocycles. The van der Waals surface area contributed by atoms with Crippen LogP contribution < -0.4 is 9.64 Å². The Balaban J connectivity index is 1.12. The zero-order chi connectivity index (χ0) is 39.0. The molecule has 0 atom stereocenters. The van der Waals surface area contributed by atoms with Crippen molar-refractivity contribution in [1.29, 1.82) is 0 Å². The molecule has 0 fully saturated rings. The number of ether oxygens (including phenoxy) is 1. The third-order valence-electron chi connectivity index (χ3n) is 13.5. The molecule has 0 saturated heterocycles. The van der Waals surface area contributed by atoms with Gasteiger partial charge >= 0.3 is 0 Å². The molecule has 2 aliphatic carbocycles. The van der Waals surface area contributed by atoms with Crippen molar-refractivity contribution in [3.05, 3.63) is 221 Å². The first-order valence-corrected chi connectivity index (χ1v) is 20.5. The van der Waals surface area contributed by atoms with Crippen LogP contribution in [0.4, 0.5) is 17.1 Å². The molecule has 0 unspecified atom stereocenters. The zero-order valence-corrected chi connectivity index (χ0v) is 32.7. The predicted octanol–water partition coefficient (Wildman–Crippen LogP) is 15.0. The third-order valence-corrected chi connectivity index (χ3v) is 13.5. The molecule has 1 aliphatic heterocycles. The highest BCUT2D eigenvalue weighted by Crippen LogP contribution is 2.64. The summed E-state index contributed by atoms with van der Waals surface area (Å²) in [4.78, 5) is 2.45. The third kappa shape index (κ3) is 4.26. The second kappa shape index (κ2) is 11.6. The maximum absolute atomic E-state index is 6.74. The van der Waals surface area contributed by atoms with Gasteiger partial charge in [-0.25, -0.2) is 0 Å². The number of nitrogens with zero attached hydrogens (tertiary/aromatic N) is 1. The summed E-state index contributed by atoms with van der Waals surface area (Å²) in [6.07, 6.45) is 0. The molecular weight excluding hydrogens is 719 g/mol. The van der Waals surface area contributed by atoms with E-state index in [0.717, 1.165) is 61.6 Å². The van der Waals surface area contributed by atoms with Crippen LogP contribution in [0.2, 0.25) is 0 Å². The zero-order valence-electron chi connectivity index (χ0n) is 32.7. The first kappa shape index (κ1) is 32.7. The van der Waals surface area contributed by atoms with Crippen molar-refractivity contribution < 1.29 is 9.15 Å². The Morgan fingerprint density at radius 1 is 0.390 bits per heavy atom. The predicted molar refractivity (Wildman–Crippen MR) is 241 cm³/mol. The minimum Gasteiger partial charge on any atom is -0.457 e. The van der Waals surface area contributed by atoms with Gasteiger partial charge in [-0.05, 0) is 116 Å². The Morgan fingerprint density at radius 2 is 0.966 bits per heavy atom. The standard InChI is InChI=1S/C56H37NO2/c1-55(2)44-17-7-5-15-39(44)40-27-24-36(32-48(40)55)57(35-26-30-51-43(31-35)41-16-6-10-20-50(41)58-51)37-25-28-42-49(33-37)56(47-29-23-34-13-3-4-14-38(34)54(42)47)45-18-8-11-21-52(45)59-53-22-12-9-19-46(53)56/h3-33H,1-2H3. The molecule has 0 radical (unpaired) electrons. The molecule has 10 aromatic rings. The number of fused-ring (bicyclic) bond motifs is 17. The Labute approximate surface area is 342 Å². The second-order valence-electron chi connectivity index (χ2n) is 16.8. The van der Waals surface area contributed by atoms with E-state index < -0.39 is 5.41 Å². The number of rotatable bonds is 3. The van der Waals surface area contributed by atoms with Crippen molar-refractivity contribution in [3.63, 3.8) is 0 Å². The summed E-state index contributed by atoms with van der Waals surface area (Å²) in [5, 5.41) is 4.70. The van der Waals surface area contributed by atoms with Crippen molar-refractivity contribution in [3.8, 4) is 33.8 Å².